The molecule has 0 saturated carbocycles. The predicted molar refractivity (Wildman–Crippen MR) is 116 cm³/mol. The Kier molecular flexibility index (Phi) is 7.54. The first-order valence-electron chi connectivity index (χ1n) is 9.35. The summed E-state index contributed by atoms with van der Waals surface area (Å²) in [6, 6.07) is 8.08. The molecule has 0 aliphatic carbocycles. The molecule has 0 bridgehead atoms. The summed E-state index contributed by atoms with van der Waals surface area (Å²) in [5.41, 5.74) is 2.13. The van der Waals surface area contributed by atoms with E-state index >= 15 is 0 Å². The van der Waals surface area contributed by atoms with E-state index in [1.807, 2.05) is 25.1 Å². The van der Waals surface area contributed by atoms with Gasteiger partial charge in [-0.3, -0.25) is 4.99 Å². The quantitative estimate of drug-likeness (QED) is 0.485. The first-order valence-corrected chi connectivity index (χ1v) is 10.2. The molecule has 2 aromatic carbocycles. The standard InChI is InChI=1S/C21H28N2OS.ClH/c1-4-5-6-7-8-11-14-22-21-23(3)18-16-12-9-10-13-17(16)19(24)15(2)20(18)25-21;/h9-10,12-13,24H,4-8,11,14H2,1-3H3;1H. The Hall–Kier alpha value is -1.52. The molecule has 0 radical (unpaired) electrons. The number of phenolic OH excluding ortho intramolecular Hbond substituents is 1. The summed E-state index contributed by atoms with van der Waals surface area (Å²) in [6.45, 7) is 5.13. The number of halogens is 1. The van der Waals surface area contributed by atoms with Gasteiger partial charge in [-0.15, -0.1) is 12.4 Å². The number of aryl methyl sites for hydroxylation is 2. The summed E-state index contributed by atoms with van der Waals surface area (Å²) in [4.78, 5) is 5.88. The van der Waals surface area contributed by atoms with Crippen LogP contribution in [0.3, 0.4) is 0 Å². The Morgan fingerprint density at radius 2 is 1.69 bits per heavy atom. The van der Waals surface area contributed by atoms with Crippen molar-refractivity contribution < 1.29 is 5.11 Å². The van der Waals surface area contributed by atoms with Crippen LogP contribution in [-0.2, 0) is 7.05 Å². The van der Waals surface area contributed by atoms with Crippen molar-refractivity contribution in [2.24, 2.45) is 12.0 Å². The Balaban J connectivity index is 0.00000243. The number of aromatic hydroxyl groups is 1. The molecule has 0 amide bonds. The second kappa shape index (κ2) is 9.43. The van der Waals surface area contributed by atoms with Gasteiger partial charge in [0.1, 0.15) is 5.75 Å². The van der Waals surface area contributed by atoms with Gasteiger partial charge in [-0.25, -0.2) is 0 Å². The average Bonchev–Trinajstić information content (AvgIpc) is 2.96. The minimum Gasteiger partial charge on any atom is -0.507 e. The molecule has 0 atom stereocenters. The molecule has 1 heterocycles. The number of benzene rings is 2. The lowest BCUT2D eigenvalue weighted by Gasteiger charge is -2.08. The summed E-state index contributed by atoms with van der Waals surface area (Å²) >= 11 is 1.69. The first-order chi connectivity index (χ1) is 12.1. The number of rotatable bonds is 7. The number of phenols is 1. The lowest BCUT2D eigenvalue weighted by atomic mass is 10.0. The fourth-order valence-electron chi connectivity index (χ4n) is 3.42. The highest BCUT2D eigenvalue weighted by molar-refractivity contribution is 7.16. The van der Waals surface area contributed by atoms with Crippen LogP contribution in [0, 0.1) is 6.92 Å². The zero-order chi connectivity index (χ0) is 17.8. The van der Waals surface area contributed by atoms with Gasteiger partial charge in [-0.05, 0) is 13.3 Å². The Labute approximate surface area is 165 Å². The van der Waals surface area contributed by atoms with Gasteiger partial charge < -0.3 is 9.67 Å². The van der Waals surface area contributed by atoms with Gasteiger partial charge in [0.25, 0.3) is 0 Å². The van der Waals surface area contributed by atoms with Crippen LogP contribution in [0.4, 0.5) is 0 Å². The Bertz CT molecular complexity index is 942. The second-order valence-corrected chi connectivity index (χ2v) is 7.77. The van der Waals surface area contributed by atoms with Crippen molar-refractivity contribution in [3.8, 4) is 5.75 Å². The molecular weight excluding hydrogens is 364 g/mol. The van der Waals surface area contributed by atoms with Crippen molar-refractivity contribution in [2.75, 3.05) is 6.54 Å². The number of thiazole rings is 1. The van der Waals surface area contributed by atoms with Crippen LogP contribution in [-0.4, -0.2) is 16.2 Å². The van der Waals surface area contributed by atoms with Crippen molar-refractivity contribution in [1.82, 2.24) is 4.57 Å². The molecule has 0 fully saturated rings. The molecule has 0 aliphatic heterocycles. The number of hydrogen-bond acceptors (Lipinski definition) is 3. The van der Waals surface area contributed by atoms with Crippen LogP contribution in [0.25, 0.3) is 21.0 Å². The topological polar surface area (TPSA) is 37.5 Å². The van der Waals surface area contributed by atoms with E-state index < -0.39 is 0 Å². The van der Waals surface area contributed by atoms with Gasteiger partial charge in [0.2, 0.25) is 0 Å². The monoisotopic (exact) mass is 392 g/mol. The molecule has 1 N–H and O–H groups in total. The number of fused-ring (bicyclic) bond motifs is 3. The van der Waals surface area contributed by atoms with E-state index in [1.165, 1.54) is 37.6 Å². The van der Waals surface area contributed by atoms with E-state index in [2.05, 4.69) is 24.6 Å². The third-order valence-electron chi connectivity index (χ3n) is 4.92. The number of hydrogen-bond donors (Lipinski definition) is 1. The van der Waals surface area contributed by atoms with Crippen molar-refractivity contribution in [3.63, 3.8) is 0 Å². The van der Waals surface area contributed by atoms with E-state index in [4.69, 9.17) is 4.99 Å². The van der Waals surface area contributed by atoms with Gasteiger partial charge in [0.15, 0.2) is 4.80 Å². The third kappa shape index (κ3) is 4.07. The molecular formula is C21H29ClN2OS. The van der Waals surface area contributed by atoms with Crippen molar-refractivity contribution in [3.05, 3.63) is 34.6 Å². The number of nitrogens with zero attached hydrogens (tertiary/aromatic N) is 2. The van der Waals surface area contributed by atoms with Gasteiger partial charge in [0, 0.05) is 29.9 Å². The zero-order valence-corrected chi connectivity index (χ0v) is 17.6. The minimum atomic E-state index is 0. The molecule has 5 heteroatoms. The second-order valence-electron chi connectivity index (χ2n) is 6.79. The fraction of sp³-hybridized carbons (Fsp3) is 0.476. The van der Waals surface area contributed by atoms with Crippen LogP contribution in [0.2, 0.25) is 0 Å². The summed E-state index contributed by atoms with van der Waals surface area (Å²) in [5, 5.41) is 12.6. The summed E-state index contributed by atoms with van der Waals surface area (Å²) < 4.78 is 3.33. The molecule has 3 aromatic rings. The highest BCUT2D eigenvalue weighted by atomic mass is 35.5. The van der Waals surface area contributed by atoms with Crippen LogP contribution in [0.1, 0.15) is 51.0 Å². The Morgan fingerprint density at radius 3 is 2.42 bits per heavy atom. The van der Waals surface area contributed by atoms with Gasteiger partial charge in [-0.1, -0.05) is 74.6 Å². The molecule has 1 aromatic heterocycles. The van der Waals surface area contributed by atoms with E-state index in [0.29, 0.717) is 5.75 Å². The predicted octanol–water partition coefficient (Wildman–Crippen LogP) is 6.09. The van der Waals surface area contributed by atoms with Crippen LogP contribution in [0.15, 0.2) is 29.3 Å². The normalized spacial score (nSPS) is 12.0. The molecule has 0 aliphatic rings. The molecule has 26 heavy (non-hydrogen) atoms. The molecule has 3 rings (SSSR count). The van der Waals surface area contributed by atoms with E-state index in [9.17, 15) is 5.11 Å². The first kappa shape index (κ1) is 20.8. The minimum absolute atomic E-state index is 0. The molecule has 0 unspecified atom stereocenters. The highest BCUT2D eigenvalue weighted by Crippen LogP contribution is 2.37. The molecule has 0 saturated heterocycles. The van der Waals surface area contributed by atoms with Crippen molar-refractivity contribution in [2.45, 2.75) is 52.4 Å². The van der Waals surface area contributed by atoms with Crippen LogP contribution in [0.5, 0.6) is 5.75 Å². The largest absolute Gasteiger partial charge is 0.507 e. The van der Waals surface area contributed by atoms with Gasteiger partial charge >= 0.3 is 0 Å². The number of unbranched alkanes of at least 4 members (excludes halogenated alkanes) is 5. The lowest BCUT2D eigenvalue weighted by molar-refractivity contribution is 0.478. The van der Waals surface area contributed by atoms with Gasteiger partial charge in [0.05, 0.1) is 10.2 Å². The van der Waals surface area contributed by atoms with Crippen molar-refractivity contribution >= 4 is 44.7 Å². The maximum Gasteiger partial charge on any atom is 0.185 e. The SMILES string of the molecule is CCCCCCCCN=c1sc2c(C)c(O)c3ccccc3c2n1C.Cl. The van der Waals surface area contributed by atoms with E-state index in [0.717, 1.165) is 38.8 Å². The summed E-state index contributed by atoms with van der Waals surface area (Å²) in [5.74, 6) is 0.396. The highest BCUT2D eigenvalue weighted by Gasteiger charge is 2.14. The van der Waals surface area contributed by atoms with Crippen LogP contribution >= 0.6 is 23.7 Å². The van der Waals surface area contributed by atoms with E-state index in [1.54, 1.807) is 11.3 Å². The smallest absolute Gasteiger partial charge is 0.185 e. The Morgan fingerprint density at radius 1 is 1.04 bits per heavy atom. The fourth-order valence-corrected chi connectivity index (χ4v) is 4.58. The average molecular weight is 393 g/mol. The maximum atomic E-state index is 10.5. The van der Waals surface area contributed by atoms with Crippen molar-refractivity contribution in [1.29, 1.82) is 0 Å². The zero-order valence-electron chi connectivity index (χ0n) is 15.9. The maximum absolute atomic E-state index is 10.5. The molecule has 3 nitrogen and oxygen atoms in total. The molecule has 0 spiro atoms. The third-order valence-corrected chi connectivity index (χ3v) is 6.21. The van der Waals surface area contributed by atoms with Crippen LogP contribution < -0.4 is 4.80 Å². The lowest BCUT2D eigenvalue weighted by Crippen LogP contribution is -2.11. The summed E-state index contributed by atoms with van der Waals surface area (Å²) in [7, 11) is 2.09. The van der Waals surface area contributed by atoms with E-state index in [-0.39, 0.29) is 12.4 Å². The van der Waals surface area contributed by atoms with Gasteiger partial charge in [-0.2, -0.15) is 0 Å². The summed E-state index contributed by atoms with van der Waals surface area (Å²) in [6.07, 6.45) is 7.72. The molecule has 142 valence electrons. The number of aromatic nitrogens is 1.